The molecule has 7 heteroatoms. The van der Waals surface area contributed by atoms with Gasteiger partial charge in [-0.15, -0.1) is 0 Å². The van der Waals surface area contributed by atoms with Gasteiger partial charge in [-0.3, -0.25) is 4.79 Å². The van der Waals surface area contributed by atoms with E-state index in [0.717, 1.165) is 48.3 Å². The van der Waals surface area contributed by atoms with Crippen molar-refractivity contribution in [2.24, 2.45) is 0 Å². The number of aromatic nitrogens is 1. The number of fused-ring (bicyclic) bond motifs is 2. The van der Waals surface area contributed by atoms with Crippen molar-refractivity contribution in [3.05, 3.63) is 100 Å². The number of ether oxygens (including phenoxy) is 2. The number of hydrogen-bond acceptors (Lipinski definition) is 6. The second kappa shape index (κ2) is 11.2. The molecule has 0 spiro atoms. The molecule has 1 aliphatic carbocycles. The number of likely N-dealkylation sites (tertiary alicyclic amines) is 1. The van der Waals surface area contributed by atoms with Crippen molar-refractivity contribution in [3.8, 4) is 5.88 Å². The van der Waals surface area contributed by atoms with Crippen LogP contribution in [0.15, 0.2) is 84.3 Å². The molecule has 1 aromatic carbocycles. The number of rotatable bonds is 7. The minimum Gasteiger partial charge on any atom is -0.438 e. The van der Waals surface area contributed by atoms with Gasteiger partial charge < -0.3 is 19.5 Å². The van der Waals surface area contributed by atoms with Crippen LogP contribution in [0.3, 0.4) is 0 Å². The second-order valence-corrected chi connectivity index (χ2v) is 10.2. The van der Waals surface area contributed by atoms with E-state index in [4.69, 9.17) is 21.1 Å². The number of hydrogen-bond donors (Lipinski definition) is 1. The van der Waals surface area contributed by atoms with Crippen LogP contribution in [-0.4, -0.2) is 53.1 Å². The van der Waals surface area contributed by atoms with Crippen molar-refractivity contribution in [2.45, 2.75) is 37.9 Å². The number of piperidine rings is 1. The van der Waals surface area contributed by atoms with Crippen molar-refractivity contribution in [1.82, 2.24) is 9.88 Å². The Bertz CT molecular complexity index is 1270. The van der Waals surface area contributed by atoms with Gasteiger partial charge in [-0.05, 0) is 73.7 Å². The Morgan fingerprint density at radius 3 is 2.81 bits per heavy atom. The normalized spacial score (nSPS) is 21.8. The van der Waals surface area contributed by atoms with E-state index < -0.39 is 5.60 Å². The third kappa shape index (κ3) is 5.94. The molecule has 2 aliphatic heterocycles. The van der Waals surface area contributed by atoms with Crippen molar-refractivity contribution in [3.63, 3.8) is 0 Å². The highest BCUT2D eigenvalue weighted by Crippen LogP contribution is 2.37. The van der Waals surface area contributed by atoms with Crippen molar-refractivity contribution >= 4 is 23.0 Å². The van der Waals surface area contributed by atoms with Crippen LogP contribution in [0, 0.1) is 0 Å². The van der Waals surface area contributed by atoms with Crippen LogP contribution < -0.4 is 4.74 Å². The molecule has 37 heavy (non-hydrogen) atoms. The first kappa shape index (κ1) is 25.6. The average Bonchev–Trinajstić information content (AvgIpc) is 3.06. The van der Waals surface area contributed by atoms with E-state index in [1.165, 1.54) is 6.92 Å². The number of pyridine rings is 1. The standard InChI is InChI=1S/C30H31ClN2O4/c1-21(34)20-36-27-7-2-8-28-26(27)19-22(25-6-3-15-32-29(25)37-28)5-4-16-33-17-13-30(35,14-18-33)23-9-11-24(31)12-10-23/h2-3,5-12,15,19,27,35H,4,13-14,16-18,20H2,1H3. The number of Topliss-reactive ketones (excluding diaryl/α,β-unsaturated/α-hetero) is 1. The first-order valence-corrected chi connectivity index (χ1v) is 13.0. The summed E-state index contributed by atoms with van der Waals surface area (Å²) >= 11 is 6.02. The number of carbonyl (C=O) groups excluding carboxylic acids is 1. The van der Waals surface area contributed by atoms with E-state index >= 15 is 0 Å². The van der Waals surface area contributed by atoms with Gasteiger partial charge in [-0.25, -0.2) is 4.98 Å². The average molecular weight is 519 g/mol. The molecule has 0 saturated carbocycles. The molecule has 2 aromatic rings. The molecular formula is C30H31ClN2O4. The summed E-state index contributed by atoms with van der Waals surface area (Å²) in [7, 11) is 0. The third-order valence-corrected chi connectivity index (χ3v) is 7.32. The molecule has 1 saturated heterocycles. The molecule has 1 unspecified atom stereocenters. The van der Waals surface area contributed by atoms with Gasteiger partial charge in [0, 0.05) is 42.0 Å². The number of halogens is 1. The second-order valence-electron chi connectivity index (χ2n) is 9.74. The van der Waals surface area contributed by atoms with Crippen LogP contribution in [0.4, 0.5) is 0 Å². The molecule has 1 aromatic heterocycles. The quantitative estimate of drug-likeness (QED) is 0.540. The van der Waals surface area contributed by atoms with Crippen LogP contribution in [0.25, 0.3) is 5.57 Å². The fraction of sp³-hybridized carbons (Fsp3) is 0.333. The first-order valence-electron chi connectivity index (χ1n) is 12.7. The predicted octanol–water partition coefficient (Wildman–Crippen LogP) is 5.24. The summed E-state index contributed by atoms with van der Waals surface area (Å²) in [5.74, 6) is 1.21. The van der Waals surface area contributed by atoms with Crippen molar-refractivity contribution in [2.75, 3.05) is 26.2 Å². The zero-order valence-electron chi connectivity index (χ0n) is 20.9. The zero-order chi connectivity index (χ0) is 25.8. The van der Waals surface area contributed by atoms with Crippen LogP contribution in [0.5, 0.6) is 5.88 Å². The number of ketones is 1. The molecule has 5 rings (SSSR count). The van der Waals surface area contributed by atoms with E-state index in [0.29, 0.717) is 29.5 Å². The molecule has 6 nitrogen and oxygen atoms in total. The molecule has 0 amide bonds. The number of allylic oxidation sites excluding steroid dienone is 4. The molecule has 192 valence electrons. The lowest BCUT2D eigenvalue weighted by Gasteiger charge is -2.38. The van der Waals surface area contributed by atoms with E-state index in [-0.39, 0.29) is 18.5 Å². The monoisotopic (exact) mass is 518 g/mol. The van der Waals surface area contributed by atoms with Gasteiger partial charge in [0.2, 0.25) is 5.88 Å². The van der Waals surface area contributed by atoms with Crippen LogP contribution in [0.1, 0.15) is 37.3 Å². The van der Waals surface area contributed by atoms with Crippen LogP contribution in [0.2, 0.25) is 5.02 Å². The lowest BCUT2D eigenvalue weighted by Crippen LogP contribution is -2.42. The van der Waals surface area contributed by atoms with E-state index in [9.17, 15) is 9.90 Å². The largest absolute Gasteiger partial charge is 0.438 e. The summed E-state index contributed by atoms with van der Waals surface area (Å²) in [6.07, 6.45) is 13.6. The maximum Gasteiger partial charge on any atom is 0.227 e. The Balaban J connectivity index is 1.29. The van der Waals surface area contributed by atoms with E-state index in [1.807, 2.05) is 54.6 Å². The molecule has 0 bridgehead atoms. The van der Waals surface area contributed by atoms with Gasteiger partial charge in [-0.1, -0.05) is 42.0 Å². The minimum absolute atomic E-state index is 0.0233. The highest BCUT2D eigenvalue weighted by Gasteiger charge is 2.33. The fourth-order valence-electron chi connectivity index (χ4n) is 4.99. The Hall–Kier alpha value is -3.03. The molecule has 1 fully saturated rings. The fourth-order valence-corrected chi connectivity index (χ4v) is 5.12. The predicted molar refractivity (Wildman–Crippen MR) is 144 cm³/mol. The summed E-state index contributed by atoms with van der Waals surface area (Å²) in [5.41, 5.74) is 2.94. The summed E-state index contributed by atoms with van der Waals surface area (Å²) in [4.78, 5) is 18.4. The Morgan fingerprint density at radius 1 is 1.27 bits per heavy atom. The highest BCUT2D eigenvalue weighted by molar-refractivity contribution is 6.30. The smallest absolute Gasteiger partial charge is 0.227 e. The summed E-state index contributed by atoms with van der Waals surface area (Å²) in [6, 6.07) is 11.4. The Labute approximate surface area is 222 Å². The van der Waals surface area contributed by atoms with Gasteiger partial charge in [0.05, 0.1) is 5.60 Å². The number of aliphatic hydroxyl groups is 1. The van der Waals surface area contributed by atoms with Crippen LogP contribution in [-0.2, 0) is 15.1 Å². The lowest BCUT2D eigenvalue weighted by atomic mass is 9.84. The van der Waals surface area contributed by atoms with Gasteiger partial charge in [0.1, 0.15) is 18.5 Å². The third-order valence-electron chi connectivity index (χ3n) is 7.06. The zero-order valence-corrected chi connectivity index (χ0v) is 21.7. The molecular weight excluding hydrogens is 488 g/mol. The number of nitrogens with zero attached hydrogens (tertiary/aromatic N) is 2. The Kier molecular flexibility index (Phi) is 7.72. The molecule has 1 atom stereocenters. The molecule has 3 heterocycles. The Morgan fingerprint density at radius 2 is 2.05 bits per heavy atom. The summed E-state index contributed by atoms with van der Waals surface area (Å²) in [5, 5.41) is 11.9. The number of carbonyl (C=O) groups is 1. The van der Waals surface area contributed by atoms with Crippen molar-refractivity contribution < 1.29 is 19.4 Å². The summed E-state index contributed by atoms with van der Waals surface area (Å²) < 4.78 is 12.0. The van der Waals surface area contributed by atoms with Gasteiger partial charge in [-0.2, -0.15) is 0 Å². The van der Waals surface area contributed by atoms with Gasteiger partial charge in [0.15, 0.2) is 5.78 Å². The van der Waals surface area contributed by atoms with E-state index in [2.05, 4.69) is 22.0 Å². The molecule has 1 N–H and O–H groups in total. The van der Waals surface area contributed by atoms with Crippen molar-refractivity contribution in [1.29, 1.82) is 0 Å². The topological polar surface area (TPSA) is 71.9 Å². The maximum absolute atomic E-state index is 11.5. The van der Waals surface area contributed by atoms with Crippen LogP contribution >= 0.6 is 11.6 Å². The summed E-state index contributed by atoms with van der Waals surface area (Å²) in [6.45, 7) is 4.09. The van der Waals surface area contributed by atoms with Gasteiger partial charge in [0.25, 0.3) is 0 Å². The molecule has 0 radical (unpaired) electrons. The SMILES string of the molecule is CC(=O)COC1C=CC=C2Oc3ncccc3C(=CCCN3CCC(O)(c4ccc(Cl)cc4)CC3)C=C21. The van der Waals surface area contributed by atoms with Gasteiger partial charge >= 0.3 is 0 Å². The molecule has 3 aliphatic rings. The lowest BCUT2D eigenvalue weighted by molar-refractivity contribution is -0.122. The minimum atomic E-state index is -0.806. The maximum atomic E-state index is 11.5. The highest BCUT2D eigenvalue weighted by atomic mass is 35.5. The first-order chi connectivity index (χ1) is 17.9. The van der Waals surface area contributed by atoms with E-state index in [1.54, 1.807) is 6.20 Å². The number of benzene rings is 1.